The highest BCUT2D eigenvalue weighted by atomic mass is 16.7. The maximum absolute atomic E-state index is 12.2. The third kappa shape index (κ3) is 2.46. The molecule has 0 aliphatic carbocycles. The van der Waals surface area contributed by atoms with Crippen molar-refractivity contribution in [3.8, 4) is 0 Å². The van der Waals surface area contributed by atoms with Crippen LogP contribution in [0.15, 0.2) is 11.6 Å². The number of carbonyl (C=O) groups excluding carboxylic acids is 3. The Balaban J connectivity index is 2.07. The topological polar surface area (TPSA) is 91.0 Å². The Morgan fingerprint density at radius 3 is 2.75 bits per heavy atom. The monoisotopic (exact) mass is 282 g/mol. The summed E-state index contributed by atoms with van der Waals surface area (Å²) in [6.45, 7) is 3.62. The van der Waals surface area contributed by atoms with E-state index in [1.807, 2.05) is 6.08 Å². The molecular formula is C12H18N4O4. The Bertz CT molecular complexity index is 476. The van der Waals surface area contributed by atoms with E-state index in [1.165, 1.54) is 24.0 Å². The van der Waals surface area contributed by atoms with E-state index in [4.69, 9.17) is 4.84 Å². The third-order valence-electron chi connectivity index (χ3n) is 3.36. The lowest BCUT2D eigenvalue weighted by Gasteiger charge is -2.29. The summed E-state index contributed by atoms with van der Waals surface area (Å²) in [6.07, 6.45) is 1.85. The standard InChI is InChI=1S/C12H18N4O4/c1-7-4-9-5-15(12(19)16(9)20-3)10(7)11(18)14-6-13-8(2)17/h4,9-10H,5-6H2,1-3H3,(H,13,17)(H,14,18)/t9?,10-/m0/s1. The van der Waals surface area contributed by atoms with Gasteiger partial charge < -0.3 is 15.5 Å². The largest absolute Gasteiger partial charge is 0.345 e. The predicted octanol–water partition coefficient (Wildman–Crippen LogP) is -0.808. The number of hydrogen-bond acceptors (Lipinski definition) is 4. The number of urea groups is 1. The van der Waals surface area contributed by atoms with E-state index in [9.17, 15) is 14.4 Å². The molecule has 1 unspecified atom stereocenters. The lowest BCUT2D eigenvalue weighted by atomic mass is 10.0. The summed E-state index contributed by atoms with van der Waals surface area (Å²) >= 11 is 0. The van der Waals surface area contributed by atoms with Gasteiger partial charge in [0.05, 0.1) is 26.4 Å². The van der Waals surface area contributed by atoms with Crippen LogP contribution in [0.2, 0.25) is 0 Å². The number of amides is 4. The number of carbonyl (C=O) groups is 3. The number of hydrogen-bond donors (Lipinski definition) is 2. The van der Waals surface area contributed by atoms with Gasteiger partial charge in [-0.25, -0.2) is 4.79 Å². The van der Waals surface area contributed by atoms with E-state index >= 15 is 0 Å². The van der Waals surface area contributed by atoms with Crippen molar-refractivity contribution in [3.63, 3.8) is 0 Å². The second-order valence-corrected chi connectivity index (χ2v) is 4.77. The van der Waals surface area contributed by atoms with Gasteiger partial charge in [-0.05, 0) is 12.5 Å². The molecule has 2 heterocycles. The van der Waals surface area contributed by atoms with Gasteiger partial charge >= 0.3 is 6.03 Å². The molecule has 2 bridgehead atoms. The van der Waals surface area contributed by atoms with Crippen LogP contribution in [0.1, 0.15) is 13.8 Å². The van der Waals surface area contributed by atoms with Crippen LogP contribution in [0.5, 0.6) is 0 Å². The van der Waals surface area contributed by atoms with E-state index in [0.717, 1.165) is 5.57 Å². The molecule has 0 aromatic rings. The van der Waals surface area contributed by atoms with E-state index in [1.54, 1.807) is 6.92 Å². The fraction of sp³-hybridized carbons (Fsp3) is 0.583. The Labute approximate surface area is 116 Å². The minimum Gasteiger partial charge on any atom is -0.339 e. The summed E-state index contributed by atoms with van der Waals surface area (Å²) in [4.78, 5) is 41.5. The van der Waals surface area contributed by atoms with Crippen molar-refractivity contribution in [3.05, 3.63) is 11.6 Å². The maximum Gasteiger partial charge on any atom is 0.345 e. The highest BCUT2D eigenvalue weighted by Crippen LogP contribution is 2.29. The molecule has 0 spiro atoms. The average molecular weight is 282 g/mol. The van der Waals surface area contributed by atoms with Crippen LogP contribution in [0.3, 0.4) is 0 Å². The molecule has 2 aliphatic rings. The van der Waals surface area contributed by atoms with Gasteiger partial charge in [0.1, 0.15) is 6.04 Å². The first-order valence-corrected chi connectivity index (χ1v) is 6.30. The van der Waals surface area contributed by atoms with Crippen molar-refractivity contribution in [2.75, 3.05) is 20.3 Å². The molecule has 1 fully saturated rings. The van der Waals surface area contributed by atoms with E-state index in [0.29, 0.717) is 6.54 Å². The molecule has 0 saturated carbocycles. The molecule has 2 aliphatic heterocycles. The highest BCUT2D eigenvalue weighted by molar-refractivity contribution is 5.91. The Morgan fingerprint density at radius 2 is 2.15 bits per heavy atom. The second kappa shape index (κ2) is 5.49. The van der Waals surface area contributed by atoms with Crippen LogP contribution in [-0.4, -0.2) is 60.2 Å². The summed E-state index contributed by atoms with van der Waals surface area (Å²) in [6, 6.07) is -1.15. The molecular weight excluding hydrogens is 264 g/mol. The zero-order valence-corrected chi connectivity index (χ0v) is 11.7. The molecule has 2 N–H and O–H groups in total. The lowest BCUT2D eigenvalue weighted by molar-refractivity contribution is -0.124. The van der Waals surface area contributed by atoms with E-state index in [2.05, 4.69) is 10.6 Å². The minimum atomic E-state index is -0.660. The fourth-order valence-electron chi connectivity index (χ4n) is 2.51. The van der Waals surface area contributed by atoms with Crippen LogP contribution < -0.4 is 10.6 Å². The molecule has 110 valence electrons. The smallest absolute Gasteiger partial charge is 0.339 e. The molecule has 8 heteroatoms. The highest BCUT2D eigenvalue weighted by Gasteiger charge is 2.46. The summed E-state index contributed by atoms with van der Waals surface area (Å²) in [5.41, 5.74) is 0.787. The van der Waals surface area contributed by atoms with Crippen molar-refractivity contribution < 1.29 is 19.2 Å². The van der Waals surface area contributed by atoms with Gasteiger partial charge in [-0.2, -0.15) is 5.06 Å². The van der Waals surface area contributed by atoms with E-state index < -0.39 is 6.04 Å². The zero-order valence-electron chi connectivity index (χ0n) is 11.7. The first-order valence-electron chi connectivity index (χ1n) is 6.30. The number of fused-ring (bicyclic) bond motifs is 2. The maximum atomic E-state index is 12.2. The van der Waals surface area contributed by atoms with Crippen molar-refractivity contribution in [2.24, 2.45) is 0 Å². The quantitative estimate of drug-likeness (QED) is 0.521. The van der Waals surface area contributed by atoms with E-state index in [-0.39, 0.29) is 30.6 Å². The summed E-state index contributed by atoms with van der Waals surface area (Å²) in [5.74, 6) is -0.554. The molecule has 4 amide bonds. The third-order valence-corrected chi connectivity index (χ3v) is 3.36. The zero-order chi connectivity index (χ0) is 14.9. The van der Waals surface area contributed by atoms with Gasteiger partial charge in [0, 0.05) is 6.92 Å². The number of hydroxylamine groups is 2. The molecule has 0 aromatic heterocycles. The van der Waals surface area contributed by atoms with Crippen molar-refractivity contribution >= 4 is 17.8 Å². The molecule has 8 nitrogen and oxygen atoms in total. The van der Waals surface area contributed by atoms with Gasteiger partial charge in [0.15, 0.2) is 0 Å². The Hall–Kier alpha value is -2.09. The lowest BCUT2D eigenvalue weighted by Crippen LogP contribution is -2.51. The summed E-state index contributed by atoms with van der Waals surface area (Å²) in [5, 5.41) is 6.32. The fourth-order valence-corrected chi connectivity index (χ4v) is 2.51. The van der Waals surface area contributed by atoms with Gasteiger partial charge in [-0.15, -0.1) is 0 Å². The van der Waals surface area contributed by atoms with Crippen molar-refractivity contribution in [1.29, 1.82) is 0 Å². The first-order chi connectivity index (χ1) is 9.45. The molecule has 2 atom stereocenters. The summed E-state index contributed by atoms with van der Waals surface area (Å²) < 4.78 is 0. The minimum absolute atomic E-state index is 0.0391. The number of nitrogens with one attached hydrogen (secondary N) is 2. The Kier molecular flexibility index (Phi) is 3.93. The second-order valence-electron chi connectivity index (χ2n) is 4.77. The van der Waals surface area contributed by atoms with Crippen molar-refractivity contribution in [2.45, 2.75) is 25.9 Å². The van der Waals surface area contributed by atoms with Gasteiger partial charge in [0.25, 0.3) is 0 Å². The van der Waals surface area contributed by atoms with Crippen LogP contribution in [0, 0.1) is 0 Å². The summed E-state index contributed by atoms with van der Waals surface area (Å²) in [7, 11) is 1.43. The van der Waals surface area contributed by atoms with Crippen LogP contribution in [-0.2, 0) is 14.4 Å². The normalized spacial score (nSPS) is 24.6. The van der Waals surface area contributed by atoms with Gasteiger partial charge in [0.2, 0.25) is 11.8 Å². The van der Waals surface area contributed by atoms with Gasteiger partial charge in [-0.1, -0.05) is 6.08 Å². The molecule has 0 aromatic carbocycles. The van der Waals surface area contributed by atoms with Crippen LogP contribution in [0.25, 0.3) is 0 Å². The molecule has 0 radical (unpaired) electrons. The predicted molar refractivity (Wildman–Crippen MR) is 69.1 cm³/mol. The SMILES string of the molecule is CON1C(=O)N2CC1C=C(C)[C@H]2C(=O)NCNC(C)=O. The van der Waals surface area contributed by atoms with Gasteiger partial charge in [-0.3, -0.25) is 14.4 Å². The molecule has 20 heavy (non-hydrogen) atoms. The number of rotatable bonds is 4. The number of nitrogens with zero attached hydrogens (tertiary/aromatic N) is 2. The van der Waals surface area contributed by atoms with Crippen LogP contribution in [0.4, 0.5) is 4.79 Å². The Morgan fingerprint density at radius 1 is 1.45 bits per heavy atom. The molecule has 2 rings (SSSR count). The average Bonchev–Trinajstić information content (AvgIpc) is 2.61. The van der Waals surface area contributed by atoms with Crippen LogP contribution >= 0.6 is 0 Å². The first kappa shape index (κ1) is 14.3. The molecule has 1 saturated heterocycles. The van der Waals surface area contributed by atoms with Crippen molar-refractivity contribution in [1.82, 2.24) is 20.6 Å².